The topological polar surface area (TPSA) is 407 Å². The first-order valence-electron chi connectivity index (χ1n) is 31.4. The van der Waals surface area contributed by atoms with Gasteiger partial charge in [0.1, 0.15) is 85.5 Å². The van der Waals surface area contributed by atoms with Gasteiger partial charge in [0.2, 0.25) is 0 Å². The third-order valence-corrected chi connectivity index (χ3v) is 23.3. The summed E-state index contributed by atoms with van der Waals surface area (Å²) < 4.78 is 61.7. The van der Waals surface area contributed by atoms with E-state index in [9.17, 15) is 80.8 Å². The first-order chi connectivity index (χ1) is 41.6. The summed E-state index contributed by atoms with van der Waals surface area (Å²) in [5.41, 5.74) is -3.42. The van der Waals surface area contributed by atoms with Crippen LogP contribution in [-0.4, -0.2) is 245 Å². The normalized spacial score (nSPS) is 49.7. The lowest BCUT2D eigenvalue weighted by Gasteiger charge is -2.72. The number of aliphatic carboxylic acids is 1. The van der Waals surface area contributed by atoms with Crippen LogP contribution in [0.1, 0.15) is 128 Å². The zero-order valence-corrected chi connectivity index (χ0v) is 52.9. The number of hydrogen-bond donors (Lipinski definition) is 13. The molecule has 4 aliphatic heterocycles. The Morgan fingerprint density at radius 1 is 0.596 bits per heavy atom. The van der Waals surface area contributed by atoms with Crippen LogP contribution in [0.3, 0.4) is 0 Å². The zero-order valence-electron chi connectivity index (χ0n) is 52.9. The molecule has 0 aromatic heterocycles. The fourth-order valence-corrected chi connectivity index (χ4v) is 17.6. The van der Waals surface area contributed by atoms with Gasteiger partial charge in [0.25, 0.3) is 0 Å². The second-order valence-electron chi connectivity index (χ2n) is 28.8. The summed E-state index contributed by atoms with van der Waals surface area (Å²) in [6.45, 7) is 20.5. The van der Waals surface area contributed by atoms with E-state index in [0.29, 0.717) is 38.5 Å². The van der Waals surface area contributed by atoms with Gasteiger partial charge in [-0.25, -0.2) is 14.4 Å². The molecule has 26 nitrogen and oxygen atoms in total. The number of carboxylic acids is 1. The lowest BCUT2D eigenvalue weighted by molar-refractivity contribution is -0.386. The number of ether oxygens (including phenoxy) is 10. The van der Waals surface area contributed by atoms with Gasteiger partial charge in [0.05, 0.1) is 43.5 Å². The van der Waals surface area contributed by atoms with Crippen LogP contribution >= 0.6 is 0 Å². The van der Waals surface area contributed by atoms with E-state index in [1.165, 1.54) is 0 Å². The molecule has 0 radical (unpaired) electrons. The van der Waals surface area contributed by atoms with E-state index in [1.54, 1.807) is 46.8 Å². The molecule has 9 rings (SSSR count). The summed E-state index contributed by atoms with van der Waals surface area (Å²) in [4.78, 5) is 39.9. The monoisotopic (exact) mass is 1270 g/mol. The SMILES string of the molecule is C/C=C(/C)C(=O)O[C@@H]1[C@@H](O)[C@@H](O)[C@H](O[C@H]2[C@H](OC(=O)/C(C)=C\C)[C@@]3(CO)C(CC2(C)C)C2=CCC4[C@@]5(C)CC[C@H](O[C@@H]6O[C@H](C(=O)O)[C@@H](O)[C@H](O[C@@H]7O[C@@H](CO)[C@H](O)[C@H]7O)[C@H]6O[C@@H]6O[C@H](CO)[C@H](O)[C@H](O)[C@H]6O)C(C)(C)C5CC[C@@]4(C)[C@]2(C)C[C@H]3O)O[C@H]1C. The molecule has 4 heterocycles. The van der Waals surface area contributed by atoms with Crippen molar-refractivity contribution in [2.24, 2.45) is 50.2 Å². The van der Waals surface area contributed by atoms with Crippen molar-refractivity contribution < 1.29 is 128 Å². The van der Waals surface area contributed by atoms with Crippen molar-refractivity contribution in [3.63, 3.8) is 0 Å². The number of esters is 2. The highest BCUT2D eigenvalue weighted by Gasteiger charge is 2.74. The third kappa shape index (κ3) is 11.6. The molecule has 506 valence electrons. The minimum atomic E-state index is -2.13. The molecule has 13 N–H and O–H groups in total. The molecular weight excluding hydrogens is 1170 g/mol. The highest BCUT2D eigenvalue weighted by Crippen LogP contribution is 2.76. The minimum absolute atomic E-state index is 0.0352. The van der Waals surface area contributed by atoms with Crippen LogP contribution in [0.5, 0.6) is 0 Å². The summed E-state index contributed by atoms with van der Waals surface area (Å²) >= 11 is 0. The number of rotatable bonds is 16. The van der Waals surface area contributed by atoms with Crippen LogP contribution < -0.4 is 0 Å². The third-order valence-electron chi connectivity index (χ3n) is 23.3. The average Bonchev–Trinajstić information content (AvgIpc) is 0.934. The Balaban J connectivity index is 1.02. The lowest BCUT2D eigenvalue weighted by atomic mass is 9.33. The Hall–Kier alpha value is -3.17. The molecule has 8 fully saturated rings. The van der Waals surface area contributed by atoms with E-state index in [1.807, 2.05) is 27.7 Å². The van der Waals surface area contributed by atoms with Gasteiger partial charge in [-0.3, -0.25) is 0 Å². The molecule has 4 saturated carbocycles. The van der Waals surface area contributed by atoms with Crippen LogP contribution in [0.2, 0.25) is 0 Å². The van der Waals surface area contributed by atoms with Crippen molar-refractivity contribution in [2.75, 3.05) is 19.8 Å². The molecule has 4 saturated heterocycles. The number of carboxylic acid groups (broad SMARTS) is 1. The van der Waals surface area contributed by atoms with Gasteiger partial charge < -0.3 is 114 Å². The van der Waals surface area contributed by atoms with Gasteiger partial charge in [-0.05, 0) is 124 Å². The Labute approximate surface area is 518 Å². The van der Waals surface area contributed by atoms with Crippen molar-refractivity contribution in [3.8, 4) is 0 Å². The van der Waals surface area contributed by atoms with E-state index >= 15 is 0 Å². The molecule has 3 unspecified atom stereocenters. The lowest BCUT2D eigenvalue weighted by Crippen LogP contribution is -2.73. The molecular formula is C63H98O26. The number of hydrogen-bond acceptors (Lipinski definition) is 25. The van der Waals surface area contributed by atoms with Gasteiger partial charge in [0, 0.05) is 11.1 Å². The Kier molecular flexibility index (Phi) is 20.4. The van der Waals surface area contributed by atoms with Gasteiger partial charge >= 0.3 is 17.9 Å². The summed E-state index contributed by atoms with van der Waals surface area (Å²) in [6, 6.07) is 0. The van der Waals surface area contributed by atoms with Crippen molar-refractivity contribution >= 4 is 17.9 Å². The van der Waals surface area contributed by atoms with E-state index in [4.69, 9.17) is 47.4 Å². The molecule has 89 heavy (non-hydrogen) atoms. The van der Waals surface area contributed by atoms with Crippen LogP contribution in [-0.2, 0) is 61.8 Å². The molecule has 0 bridgehead atoms. The van der Waals surface area contributed by atoms with Crippen LogP contribution in [0.25, 0.3) is 0 Å². The van der Waals surface area contributed by atoms with Crippen LogP contribution in [0, 0.1) is 50.2 Å². The summed E-state index contributed by atoms with van der Waals surface area (Å²) in [7, 11) is 0. The van der Waals surface area contributed by atoms with Crippen molar-refractivity contribution in [1.82, 2.24) is 0 Å². The number of fused-ring (bicyclic) bond motifs is 7. The summed E-state index contributed by atoms with van der Waals surface area (Å²) in [5.74, 6) is -3.81. The summed E-state index contributed by atoms with van der Waals surface area (Å²) in [5, 5.41) is 145. The first-order valence-corrected chi connectivity index (χ1v) is 31.4. The molecule has 0 aromatic carbocycles. The number of carbonyl (C=O) groups excluding carboxylic acids is 2. The van der Waals surface area contributed by atoms with Crippen molar-refractivity contribution in [2.45, 2.75) is 269 Å². The standard InChI is InChI=1S/C63H98O26/c1-13-26(3)52(78)84-45-28(5)80-54(43(74)40(45)71)89-49-50(88-53(79)27(4)14-2)63(25-66)30(21-58(49,6)7)29-15-16-34-60(10)19-18-36(59(8,9)33(60)17-20-61(34,11)62(29,12)22-35(63)67)83-57-48(87-56-42(73)39(70)37(68)31(23-64)81-56)46(44(75)47(86-57)51(76)77)85-55-41(72)38(69)32(24-65)82-55/h13-15,28,30-50,54-57,64-75H,16-25H2,1-12H3,(H,76,77)/b26-13-,27-14-/t28-,30?,31+,32-,33?,34?,35+,36-,37-,38-,39-,40-,41+,42+,43+,44-,45-,46-,47-,48+,49-,50-,54-,55-,56-,57+,60-,61+,62+,63-/m0/s1. The largest absolute Gasteiger partial charge is 0.479 e. The molecule has 5 aliphatic carbocycles. The first kappa shape index (κ1) is 70.2. The molecule has 26 heteroatoms. The van der Waals surface area contributed by atoms with Crippen molar-refractivity contribution in [3.05, 3.63) is 34.9 Å². The second-order valence-corrected chi connectivity index (χ2v) is 28.8. The fraction of sp³-hybridized carbons (Fsp3) is 0.857. The number of carbonyl (C=O) groups is 3. The van der Waals surface area contributed by atoms with E-state index in [0.717, 1.165) is 5.57 Å². The molecule has 9 aliphatic rings. The minimum Gasteiger partial charge on any atom is -0.479 e. The van der Waals surface area contributed by atoms with E-state index < -0.39 is 217 Å². The maximum absolute atomic E-state index is 14.2. The Morgan fingerprint density at radius 3 is 1.72 bits per heavy atom. The van der Waals surface area contributed by atoms with Gasteiger partial charge in [-0.1, -0.05) is 72.3 Å². The number of aliphatic hydroxyl groups is 12. The quantitative estimate of drug-likeness (QED) is 0.0423. The Morgan fingerprint density at radius 2 is 1.15 bits per heavy atom. The molecule has 30 atom stereocenters. The smallest absolute Gasteiger partial charge is 0.335 e. The molecule has 0 spiro atoms. The molecule has 0 aromatic rings. The zero-order chi connectivity index (χ0) is 65.7. The van der Waals surface area contributed by atoms with Gasteiger partial charge in [0.15, 0.2) is 37.4 Å². The predicted octanol–water partition coefficient (Wildman–Crippen LogP) is 0.144. The second kappa shape index (κ2) is 25.9. The highest BCUT2D eigenvalue weighted by molar-refractivity contribution is 5.88. The van der Waals surface area contributed by atoms with E-state index in [2.05, 4.69) is 26.8 Å². The average molecular weight is 1270 g/mol. The maximum atomic E-state index is 14.2. The number of allylic oxidation sites excluding steroid dienone is 4. The van der Waals surface area contributed by atoms with Crippen LogP contribution in [0.4, 0.5) is 0 Å². The highest BCUT2D eigenvalue weighted by atomic mass is 16.8. The van der Waals surface area contributed by atoms with E-state index in [-0.39, 0.29) is 29.4 Å². The fourth-order valence-electron chi connectivity index (χ4n) is 17.6. The predicted molar refractivity (Wildman–Crippen MR) is 307 cm³/mol. The number of aliphatic hydroxyl groups excluding tert-OH is 12. The van der Waals surface area contributed by atoms with Gasteiger partial charge in [-0.15, -0.1) is 0 Å². The van der Waals surface area contributed by atoms with Crippen molar-refractivity contribution in [1.29, 1.82) is 0 Å². The van der Waals surface area contributed by atoms with Gasteiger partial charge in [-0.2, -0.15) is 0 Å². The van der Waals surface area contributed by atoms with Crippen LogP contribution in [0.15, 0.2) is 34.9 Å². The summed E-state index contributed by atoms with van der Waals surface area (Å²) in [6.07, 6.45) is -28.6. The molecule has 0 amide bonds. The maximum Gasteiger partial charge on any atom is 0.335 e. The Bertz CT molecular complexity index is 2660.